The summed E-state index contributed by atoms with van der Waals surface area (Å²) in [6, 6.07) is 0. The van der Waals surface area contributed by atoms with Gasteiger partial charge in [0.15, 0.2) is 0 Å². The van der Waals surface area contributed by atoms with Gasteiger partial charge in [0.25, 0.3) is 0 Å². The van der Waals surface area contributed by atoms with Crippen LogP contribution in [0.25, 0.3) is 0 Å². The highest BCUT2D eigenvalue weighted by atomic mass is 35.5. The van der Waals surface area contributed by atoms with E-state index in [1.54, 1.807) is 6.08 Å². The highest BCUT2D eigenvalue weighted by Crippen LogP contribution is 2.18. The molecule has 0 aromatic carbocycles. The molecule has 0 fully saturated rings. The SMILES string of the molecule is CCCCCCCC/C=C\CCCCCCCCOCN1C=CC(Cl)=C(C(N)=O)C1. The minimum atomic E-state index is -0.470. The number of carbonyl (C=O) groups is 1. The van der Waals surface area contributed by atoms with E-state index in [-0.39, 0.29) is 0 Å². The molecule has 0 bridgehead atoms. The summed E-state index contributed by atoms with van der Waals surface area (Å²) < 4.78 is 5.70. The van der Waals surface area contributed by atoms with E-state index in [4.69, 9.17) is 22.1 Å². The number of ether oxygens (including phenoxy) is 1. The maximum atomic E-state index is 11.3. The van der Waals surface area contributed by atoms with E-state index in [0.717, 1.165) is 13.0 Å². The van der Waals surface area contributed by atoms with E-state index in [1.807, 2.05) is 11.1 Å². The Morgan fingerprint density at radius 3 is 2.17 bits per heavy atom. The van der Waals surface area contributed by atoms with Crippen molar-refractivity contribution >= 4 is 17.5 Å². The lowest BCUT2D eigenvalue weighted by Crippen LogP contribution is -2.31. The molecule has 30 heavy (non-hydrogen) atoms. The number of rotatable bonds is 19. The van der Waals surface area contributed by atoms with Gasteiger partial charge in [-0.3, -0.25) is 4.79 Å². The van der Waals surface area contributed by atoms with Gasteiger partial charge in [-0.15, -0.1) is 0 Å². The predicted octanol–water partition coefficient (Wildman–Crippen LogP) is 6.81. The van der Waals surface area contributed by atoms with Crippen molar-refractivity contribution in [1.82, 2.24) is 4.90 Å². The molecule has 0 saturated heterocycles. The first kappa shape index (κ1) is 26.8. The molecule has 172 valence electrons. The predicted molar refractivity (Wildman–Crippen MR) is 128 cm³/mol. The van der Waals surface area contributed by atoms with Gasteiger partial charge in [0, 0.05) is 12.8 Å². The van der Waals surface area contributed by atoms with Crippen LogP contribution in [-0.4, -0.2) is 30.7 Å². The summed E-state index contributed by atoms with van der Waals surface area (Å²) in [5.74, 6) is -0.470. The zero-order valence-corrected chi connectivity index (χ0v) is 19.8. The number of primary amides is 1. The Kier molecular flexibility index (Phi) is 16.5. The normalized spacial score (nSPS) is 14.3. The van der Waals surface area contributed by atoms with Crippen LogP contribution in [0.5, 0.6) is 0 Å². The molecule has 0 spiro atoms. The molecule has 0 unspecified atom stereocenters. The monoisotopic (exact) mass is 438 g/mol. The highest BCUT2D eigenvalue weighted by Gasteiger charge is 2.16. The van der Waals surface area contributed by atoms with Crippen molar-refractivity contribution < 1.29 is 9.53 Å². The first-order valence-corrected chi connectivity index (χ1v) is 12.4. The van der Waals surface area contributed by atoms with Gasteiger partial charge in [-0.2, -0.15) is 0 Å². The first-order valence-electron chi connectivity index (χ1n) is 12.0. The summed E-state index contributed by atoms with van der Waals surface area (Å²) in [5.41, 5.74) is 5.78. The second kappa shape index (κ2) is 18.5. The molecule has 0 aromatic heterocycles. The molecule has 0 saturated carbocycles. The van der Waals surface area contributed by atoms with Gasteiger partial charge in [-0.1, -0.05) is 88.5 Å². The van der Waals surface area contributed by atoms with Crippen LogP contribution in [0.2, 0.25) is 0 Å². The summed E-state index contributed by atoms with van der Waals surface area (Å²) >= 11 is 5.98. The van der Waals surface area contributed by atoms with E-state index in [1.165, 1.54) is 83.5 Å². The van der Waals surface area contributed by atoms with Crippen LogP contribution in [0.15, 0.2) is 35.0 Å². The molecular formula is C25H43ClN2O2. The zero-order valence-electron chi connectivity index (χ0n) is 19.0. The average Bonchev–Trinajstić information content (AvgIpc) is 2.73. The highest BCUT2D eigenvalue weighted by molar-refractivity contribution is 6.33. The molecule has 4 nitrogen and oxygen atoms in total. The maximum absolute atomic E-state index is 11.3. The molecular weight excluding hydrogens is 396 g/mol. The Morgan fingerprint density at radius 2 is 1.57 bits per heavy atom. The molecule has 5 heteroatoms. The molecule has 1 rings (SSSR count). The van der Waals surface area contributed by atoms with Crippen LogP contribution in [0.1, 0.15) is 96.8 Å². The number of amides is 1. The molecule has 0 aliphatic carbocycles. The van der Waals surface area contributed by atoms with Crippen molar-refractivity contribution in [3.63, 3.8) is 0 Å². The van der Waals surface area contributed by atoms with Gasteiger partial charge < -0.3 is 15.4 Å². The maximum Gasteiger partial charge on any atom is 0.247 e. The van der Waals surface area contributed by atoms with E-state index in [2.05, 4.69) is 19.1 Å². The third-order valence-corrected chi connectivity index (χ3v) is 5.79. The van der Waals surface area contributed by atoms with E-state index < -0.39 is 5.91 Å². The average molecular weight is 439 g/mol. The van der Waals surface area contributed by atoms with Crippen LogP contribution in [-0.2, 0) is 9.53 Å². The van der Waals surface area contributed by atoms with E-state index in [0.29, 0.717) is 23.9 Å². The van der Waals surface area contributed by atoms with Crippen molar-refractivity contribution in [2.45, 2.75) is 96.8 Å². The van der Waals surface area contributed by atoms with Crippen LogP contribution >= 0.6 is 11.6 Å². The Bertz CT molecular complexity index is 543. The quantitative estimate of drug-likeness (QED) is 0.178. The van der Waals surface area contributed by atoms with Crippen molar-refractivity contribution in [3.8, 4) is 0 Å². The van der Waals surface area contributed by atoms with E-state index in [9.17, 15) is 4.79 Å². The largest absolute Gasteiger partial charge is 0.366 e. The minimum Gasteiger partial charge on any atom is -0.366 e. The zero-order chi connectivity index (χ0) is 21.9. The molecule has 0 aromatic rings. The molecule has 1 aliphatic heterocycles. The van der Waals surface area contributed by atoms with Crippen molar-refractivity contribution in [3.05, 3.63) is 35.0 Å². The molecule has 1 heterocycles. The molecule has 0 radical (unpaired) electrons. The van der Waals surface area contributed by atoms with Gasteiger partial charge in [-0.05, 0) is 38.2 Å². The standard InChI is InChI=1S/C25H43ClN2O2/c1-2-3-4-5-6-7-8-9-10-11-12-13-14-15-16-17-20-30-22-28-19-18-24(26)23(21-28)25(27)29/h9-10,18-19H,2-8,11-17,20-22H2,1H3,(H2,27,29)/b10-9-. The Morgan fingerprint density at radius 1 is 1.00 bits per heavy atom. The topological polar surface area (TPSA) is 55.6 Å². The van der Waals surface area contributed by atoms with Gasteiger partial charge in [-0.25, -0.2) is 0 Å². The van der Waals surface area contributed by atoms with Crippen LogP contribution < -0.4 is 5.73 Å². The number of hydrogen-bond acceptors (Lipinski definition) is 3. The lowest BCUT2D eigenvalue weighted by molar-refractivity contribution is -0.114. The number of hydrogen-bond donors (Lipinski definition) is 1. The summed E-state index contributed by atoms with van der Waals surface area (Å²) in [6.45, 7) is 3.89. The van der Waals surface area contributed by atoms with Gasteiger partial charge in [0.05, 0.1) is 17.2 Å². The second-order valence-corrected chi connectivity index (χ2v) is 8.64. The lowest BCUT2D eigenvalue weighted by Gasteiger charge is -2.24. The summed E-state index contributed by atoms with van der Waals surface area (Å²) in [7, 11) is 0. The van der Waals surface area contributed by atoms with Crippen LogP contribution in [0, 0.1) is 0 Å². The fraction of sp³-hybridized carbons (Fsp3) is 0.720. The van der Waals surface area contributed by atoms with Crippen LogP contribution in [0.4, 0.5) is 0 Å². The van der Waals surface area contributed by atoms with Crippen LogP contribution in [0.3, 0.4) is 0 Å². The lowest BCUT2D eigenvalue weighted by atomic mass is 10.1. The number of halogens is 1. The fourth-order valence-electron chi connectivity index (χ4n) is 3.52. The molecule has 1 aliphatic rings. The molecule has 2 N–H and O–H groups in total. The summed E-state index contributed by atoms with van der Waals surface area (Å²) in [6.07, 6.45) is 26.6. The van der Waals surface area contributed by atoms with E-state index >= 15 is 0 Å². The summed E-state index contributed by atoms with van der Waals surface area (Å²) in [5, 5.41) is 0.423. The number of allylic oxidation sites excluding steroid dienone is 4. The third-order valence-electron chi connectivity index (χ3n) is 5.44. The van der Waals surface area contributed by atoms with Crippen molar-refractivity contribution in [2.24, 2.45) is 5.73 Å². The smallest absolute Gasteiger partial charge is 0.247 e. The fourth-order valence-corrected chi connectivity index (χ4v) is 3.73. The van der Waals surface area contributed by atoms with Gasteiger partial charge >= 0.3 is 0 Å². The number of unbranched alkanes of at least 4 members (excludes halogenated alkanes) is 12. The number of nitrogens with two attached hydrogens (primary N) is 1. The third kappa shape index (κ3) is 13.9. The van der Waals surface area contributed by atoms with Crippen molar-refractivity contribution in [2.75, 3.05) is 19.9 Å². The Balaban J connectivity index is 1.83. The summed E-state index contributed by atoms with van der Waals surface area (Å²) in [4.78, 5) is 13.2. The molecule has 0 atom stereocenters. The number of carbonyl (C=O) groups excluding carboxylic acids is 1. The van der Waals surface area contributed by atoms with Crippen molar-refractivity contribution in [1.29, 1.82) is 0 Å². The second-order valence-electron chi connectivity index (χ2n) is 8.23. The van der Waals surface area contributed by atoms with Gasteiger partial charge in [0.2, 0.25) is 5.91 Å². The van der Waals surface area contributed by atoms with Gasteiger partial charge in [0.1, 0.15) is 6.73 Å². The Hall–Kier alpha value is -1.26. The minimum absolute atomic E-state index is 0.415. The Labute approximate surface area is 189 Å². The molecule has 1 amide bonds. The first-order chi connectivity index (χ1) is 14.6. The number of nitrogens with zero attached hydrogens (tertiary/aromatic N) is 1.